The van der Waals surface area contributed by atoms with Gasteiger partial charge in [0.1, 0.15) is 0 Å². The molecule has 0 spiro atoms. The highest BCUT2D eigenvalue weighted by molar-refractivity contribution is 7.73. The van der Waals surface area contributed by atoms with Crippen LogP contribution in [-0.4, -0.2) is 26.2 Å². The maximum absolute atomic E-state index is 2.48. The van der Waals surface area contributed by atoms with Crippen LogP contribution < -0.4 is 12.4 Å². The van der Waals surface area contributed by atoms with Gasteiger partial charge in [0, 0.05) is 27.3 Å². The van der Waals surface area contributed by atoms with Crippen molar-refractivity contribution < 1.29 is 12.4 Å². The highest BCUT2D eigenvalue weighted by Crippen LogP contribution is 2.47. The Morgan fingerprint density at radius 2 is 0.500 bits per heavy atom. The van der Waals surface area contributed by atoms with Crippen LogP contribution in [0.1, 0.15) is 167 Å². The van der Waals surface area contributed by atoms with Crippen LogP contribution in [-0.2, 0) is 0 Å². The summed E-state index contributed by atoms with van der Waals surface area (Å²) >= 11 is 0. The van der Waals surface area contributed by atoms with E-state index in [1.54, 1.807) is 0 Å². The van der Waals surface area contributed by atoms with Gasteiger partial charge in [-0.1, -0.05) is 155 Å². The lowest BCUT2D eigenvalue weighted by molar-refractivity contribution is -0.00000719. The maximum Gasteiger partial charge on any atom is 0.0586 e. The molecule has 0 fully saturated rings. The molecule has 0 nitrogen and oxygen atoms in total. The first-order valence-corrected chi connectivity index (χ1v) is 18.2. The first-order chi connectivity index (χ1) is 15.1. The number of hydrogen-bond acceptors (Lipinski definition) is 0. The van der Waals surface area contributed by atoms with Crippen LogP contribution in [0.25, 0.3) is 0 Å². The van der Waals surface area contributed by atoms with Crippen molar-refractivity contribution in [2.24, 2.45) is 0 Å². The first-order valence-electron chi connectivity index (χ1n) is 14.9. The minimum atomic E-state index is -0.514. The molecule has 0 aromatic heterocycles. The molecule has 32 heavy (non-hydrogen) atoms. The molecular formula is C30H64ClP. The summed E-state index contributed by atoms with van der Waals surface area (Å²) in [4.78, 5) is 0. The lowest BCUT2D eigenvalue weighted by atomic mass is 10.0. The summed E-state index contributed by atoms with van der Waals surface area (Å²) in [7, 11) is -0.514. The van der Waals surface area contributed by atoms with Crippen LogP contribution in [0, 0.1) is 0 Å². The standard InChI is InChI=1S/C30H64P.ClH/c1-5-6-7-8-9-10-11-12-13-14-15-16-17-18-19-20-21-22-23-24-25-26-27-28-29-30-31(2,3)4;/h5-30H2,1-4H3;1H/q+1;/p-1. The average molecular weight is 491 g/mol. The van der Waals surface area contributed by atoms with Crippen LogP contribution >= 0.6 is 7.26 Å². The van der Waals surface area contributed by atoms with Gasteiger partial charge in [0.15, 0.2) is 0 Å². The first kappa shape index (κ1) is 34.9. The van der Waals surface area contributed by atoms with Gasteiger partial charge in [-0.05, 0) is 12.8 Å². The predicted molar refractivity (Wildman–Crippen MR) is 151 cm³/mol. The van der Waals surface area contributed by atoms with E-state index in [0.717, 1.165) is 0 Å². The molecule has 0 aromatic rings. The summed E-state index contributed by atoms with van der Waals surface area (Å²) in [5, 5.41) is 0. The van der Waals surface area contributed by atoms with E-state index in [1.807, 2.05) is 0 Å². The highest BCUT2D eigenvalue weighted by Gasteiger charge is 2.15. The second kappa shape index (κ2) is 28.0. The van der Waals surface area contributed by atoms with Gasteiger partial charge in [0.25, 0.3) is 0 Å². The summed E-state index contributed by atoms with van der Waals surface area (Å²) in [6.45, 7) is 9.74. The average Bonchev–Trinajstić information content (AvgIpc) is 2.73. The van der Waals surface area contributed by atoms with Crippen molar-refractivity contribution in [2.75, 3.05) is 26.2 Å². The van der Waals surface area contributed by atoms with E-state index in [-0.39, 0.29) is 12.4 Å². The molecule has 0 heterocycles. The Morgan fingerprint density at radius 3 is 0.688 bits per heavy atom. The number of unbranched alkanes of at least 4 members (excludes halogenated alkanes) is 24. The summed E-state index contributed by atoms with van der Waals surface area (Å²) < 4.78 is 0. The Bertz CT molecular complexity index is 323. The summed E-state index contributed by atoms with van der Waals surface area (Å²) in [6, 6.07) is 0. The van der Waals surface area contributed by atoms with Gasteiger partial charge in [0.2, 0.25) is 0 Å². The lowest BCUT2D eigenvalue weighted by Crippen LogP contribution is -3.00. The molecule has 0 atom stereocenters. The molecule has 0 aromatic carbocycles. The SMILES string of the molecule is CCCCCCCCCCCCCCCCCCCCCCCCCCC[P+](C)(C)C.[Cl-]. The van der Waals surface area contributed by atoms with E-state index in [0.29, 0.717) is 0 Å². The van der Waals surface area contributed by atoms with Crippen molar-refractivity contribution in [3.8, 4) is 0 Å². The fraction of sp³-hybridized carbons (Fsp3) is 1.00. The zero-order valence-electron chi connectivity index (χ0n) is 23.2. The lowest BCUT2D eigenvalue weighted by Gasteiger charge is -2.10. The quantitative estimate of drug-likeness (QED) is 0.0839. The fourth-order valence-electron chi connectivity index (χ4n) is 4.73. The van der Waals surface area contributed by atoms with Gasteiger partial charge in [-0.25, -0.2) is 0 Å². The topological polar surface area (TPSA) is 0 Å². The second-order valence-corrected chi connectivity index (χ2v) is 16.5. The Balaban J connectivity index is 0. The number of rotatable bonds is 26. The van der Waals surface area contributed by atoms with Crippen molar-refractivity contribution in [1.82, 2.24) is 0 Å². The van der Waals surface area contributed by atoms with Gasteiger partial charge in [-0.3, -0.25) is 0 Å². The molecule has 0 N–H and O–H groups in total. The molecule has 0 radical (unpaired) electrons. The molecular weight excluding hydrogens is 427 g/mol. The van der Waals surface area contributed by atoms with Crippen LogP contribution in [0.15, 0.2) is 0 Å². The maximum atomic E-state index is 2.48. The minimum absolute atomic E-state index is 0. The largest absolute Gasteiger partial charge is 1.00 e. The second-order valence-electron chi connectivity index (χ2n) is 11.5. The molecule has 2 heteroatoms. The van der Waals surface area contributed by atoms with E-state index >= 15 is 0 Å². The van der Waals surface area contributed by atoms with Gasteiger partial charge in [-0.15, -0.1) is 0 Å². The summed E-state index contributed by atoms with van der Waals surface area (Å²) in [5.41, 5.74) is 0. The van der Waals surface area contributed by atoms with E-state index in [2.05, 4.69) is 26.9 Å². The van der Waals surface area contributed by atoms with Crippen LogP contribution in [0.3, 0.4) is 0 Å². The molecule has 0 bridgehead atoms. The van der Waals surface area contributed by atoms with Gasteiger partial charge >= 0.3 is 0 Å². The van der Waals surface area contributed by atoms with E-state index in [1.165, 1.54) is 167 Å². The fourth-order valence-corrected chi connectivity index (χ4v) is 5.90. The third-order valence-corrected chi connectivity index (χ3v) is 8.59. The monoisotopic (exact) mass is 490 g/mol. The molecule has 0 aliphatic rings. The molecule has 0 saturated heterocycles. The Labute approximate surface area is 213 Å². The normalized spacial score (nSPS) is 11.6. The highest BCUT2D eigenvalue weighted by atomic mass is 35.5. The van der Waals surface area contributed by atoms with Crippen LogP contribution in [0.2, 0.25) is 0 Å². The Morgan fingerprint density at radius 1 is 0.312 bits per heavy atom. The molecule has 0 aliphatic heterocycles. The molecule has 0 unspecified atom stereocenters. The molecule has 0 amide bonds. The van der Waals surface area contributed by atoms with Crippen molar-refractivity contribution in [3.05, 3.63) is 0 Å². The predicted octanol–water partition coefficient (Wildman–Crippen LogP) is 8.67. The molecule has 0 saturated carbocycles. The zero-order valence-corrected chi connectivity index (χ0v) is 24.9. The molecule has 0 aliphatic carbocycles. The Hall–Kier alpha value is 0.720. The van der Waals surface area contributed by atoms with Crippen molar-refractivity contribution >= 4 is 7.26 Å². The van der Waals surface area contributed by atoms with Crippen LogP contribution in [0.5, 0.6) is 0 Å². The molecule has 0 rings (SSSR count). The van der Waals surface area contributed by atoms with Gasteiger partial charge in [0.05, 0.1) is 6.16 Å². The van der Waals surface area contributed by atoms with Crippen molar-refractivity contribution in [1.29, 1.82) is 0 Å². The minimum Gasteiger partial charge on any atom is -1.00 e. The smallest absolute Gasteiger partial charge is 0.0586 e. The summed E-state index contributed by atoms with van der Waals surface area (Å²) in [5.74, 6) is 0. The summed E-state index contributed by atoms with van der Waals surface area (Å²) in [6.07, 6.45) is 38.6. The van der Waals surface area contributed by atoms with E-state index < -0.39 is 7.26 Å². The van der Waals surface area contributed by atoms with Gasteiger partial charge in [-0.2, -0.15) is 0 Å². The number of hydrogen-bond donors (Lipinski definition) is 0. The van der Waals surface area contributed by atoms with E-state index in [4.69, 9.17) is 0 Å². The van der Waals surface area contributed by atoms with Crippen molar-refractivity contribution in [2.45, 2.75) is 167 Å². The molecule has 196 valence electrons. The third-order valence-electron chi connectivity index (χ3n) is 6.93. The zero-order chi connectivity index (χ0) is 22.9. The number of halogens is 1. The van der Waals surface area contributed by atoms with Crippen LogP contribution in [0.4, 0.5) is 0 Å². The van der Waals surface area contributed by atoms with Crippen molar-refractivity contribution in [3.63, 3.8) is 0 Å². The van der Waals surface area contributed by atoms with Gasteiger partial charge < -0.3 is 12.4 Å². The Kier molecular flexibility index (Phi) is 30.5. The van der Waals surface area contributed by atoms with E-state index in [9.17, 15) is 0 Å². The third kappa shape index (κ3) is 32.9.